The van der Waals surface area contributed by atoms with Crippen LogP contribution in [0.5, 0.6) is 11.5 Å². The van der Waals surface area contributed by atoms with Crippen molar-refractivity contribution in [2.75, 3.05) is 5.75 Å². The summed E-state index contributed by atoms with van der Waals surface area (Å²) in [6.07, 6.45) is 1.79. The molecule has 0 fully saturated rings. The fraction of sp³-hybridized carbons (Fsp3) is 0.111. The van der Waals surface area contributed by atoms with Crippen LogP contribution in [0.3, 0.4) is 0 Å². The van der Waals surface area contributed by atoms with Crippen LogP contribution < -0.4 is 0 Å². The van der Waals surface area contributed by atoms with Crippen molar-refractivity contribution in [3.8, 4) is 22.8 Å². The monoisotopic (exact) mass is 340 g/mol. The molecule has 24 heavy (non-hydrogen) atoms. The molecular formula is C18H16N2O3S. The molecule has 1 heterocycles. The number of thioether (sulfide) groups is 1. The molecule has 2 aromatic carbocycles. The molecule has 3 rings (SSSR count). The van der Waals surface area contributed by atoms with Gasteiger partial charge in [-0.3, -0.25) is 4.79 Å². The first-order valence-electron chi connectivity index (χ1n) is 7.31. The Morgan fingerprint density at radius 1 is 1.12 bits per heavy atom. The highest BCUT2D eigenvalue weighted by Gasteiger charge is 2.13. The van der Waals surface area contributed by atoms with Crippen LogP contribution in [0.15, 0.2) is 59.9 Å². The Labute approximate surface area is 143 Å². The molecule has 0 atom stereocenters. The number of aromatic nitrogens is 2. The number of Topliss-reactive ketones (excluding diaryl/α,β-unsaturated/α-hetero) is 1. The summed E-state index contributed by atoms with van der Waals surface area (Å²) in [5.41, 5.74) is 2.40. The van der Waals surface area contributed by atoms with E-state index in [2.05, 4.69) is 4.98 Å². The molecule has 1 aromatic heterocycles. The lowest BCUT2D eigenvalue weighted by Gasteiger charge is -2.06. The molecular weight excluding hydrogens is 324 g/mol. The van der Waals surface area contributed by atoms with Crippen LogP contribution in [0.2, 0.25) is 0 Å². The quantitative estimate of drug-likeness (QED) is 0.422. The van der Waals surface area contributed by atoms with Gasteiger partial charge in [-0.05, 0) is 23.8 Å². The number of carbonyl (C=O) groups excluding carboxylic acids is 1. The number of ketones is 1. The van der Waals surface area contributed by atoms with Crippen LogP contribution in [0.4, 0.5) is 0 Å². The second kappa shape index (κ2) is 6.80. The number of benzene rings is 2. The normalized spacial score (nSPS) is 10.7. The van der Waals surface area contributed by atoms with Crippen molar-refractivity contribution >= 4 is 17.5 Å². The summed E-state index contributed by atoms with van der Waals surface area (Å²) in [6.45, 7) is 0. The summed E-state index contributed by atoms with van der Waals surface area (Å²) in [5, 5.41) is 19.5. The van der Waals surface area contributed by atoms with Crippen LogP contribution >= 0.6 is 11.8 Å². The molecule has 0 bridgehead atoms. The lowest BCUT2D eigenvalue weighted by molar-refractivity contribution is 0.102. The molecule has 0 aliphatic heterocycles. The zero-order valence-electron chi connectivity index (χ0n) is 13.0. The fourth-order valence-electron chi connectivity index (χ4n) is 2.31. The van der Waals surface area contributed by atoms with Gasteiger partial charge in [0.15, 0.2) is 22.4 Å². The maximum Gasteiger partial charge on any atom is 0.173 e. The topological polar surface area (TPSA) is 75.4 Å². The van der Waals surface area contributed by atoms with E-state index < -0.39 is 0 Å². The van der Waals surface area contributed by atoms with Crippen molar-refractivity contribution in [3.63, 3.8) is 0 Å². The third-order valence-corrected chi connectivity index (χ3v) is 4.69. The van der Waals surface area contributed by atoms with Crippen LogP contribution in [0.1, 0.15) is 10.4 Å². The van der Waals surface area contributed by atoms with E-state index >= 15 is 0 Å². The van der Waals surface area contributed by atoms with Gasteiger partial charge in [-0.15, -0.1) is 0 Å². The Hall–Kier alpha value is -2.73. The molecule has 0 unspecified atom stereocenters. The molecule has 0 aliphatic rings. The van der Waals surface area contributed by atoms with Gasteiger partial charge in [0, 0.05) is 12.6 Å². The molecule has 3 aromatic rings. The Balaban J connectivity index is 1.72. The van der Waals surface area contributed by atoms with E-state index in [1.54, 1.807) is 6.20 Å². The van der Waals surface area contributed by atoms with Gasteiger partial charge in [-0.1, -0.05) is 42.1 Å². The lowest BCUT2D eigenvalue weighted by Crippen LogP contribution is -2.03. The highest BCUT2D eigenvalue weighted by molar-refractivity contribution is 7.99. The number of imidazole rings is 1. The lowest BCUT2D eigenvalue weighted by atomic mass is 10.1. The highest BCUT2D eigenvalue weighted by Crippen LogP contribution is 2.27. The van der Waals surface area contributed by atoms with Crippen LogP contribution in [-0.2, 0) is 7.05 Å². The van der Waals surface area contributed by atoms with Gasteiger partial charge in [0.05, 0.1) is 17.6 Å². The van der Waals surface area contributed by atoms with E-state index in [9.17, 15) is 15.0 Å². The molecule has 0 radical (unpaired) electrons. The Kier molecular flexibility index (Phi) is 4.57. The van der Waals surface area contributed by atoms with Crippen LogP contribution in [-0.4, -0.2) is 31.3 Å². The second-order valence-corrected chi connectivity index (χ2v) is 6.21. The molecule has 0 saturated heterocycles. The van der Waals surface area contributed by atoms with Gasteiger partial charge in [-0.2, -0.15) is 0 Å². The predicted molar refractivity (Wildman–Crippen MR) is 93.5 cm³/mol. The van der Waals surface area contributed by atoms with E-state index in [0.29, 0.717) is 5.56 Å². The van der Waals surface area contributed by atoms with Crippen LogP contribution in [0, 0.1) is 0 Å². The predicted octanol–water partition coefficient (Wildman–Crippen LogP) is 3.47. The smallest absolute Gasteiger partial charge is 0.173 e. The number of phenols is 2. The summed E-state index contributed by atoms with van der Waals surface area (Å²) >= 11 is 1.33. The van der Waals surface area contributed by atoms with Gasteiger partial charge < -0.3 is 14.8 Å². The number of hydrogen-bond donors (Lipinski definition) is 2. The molecule has 0 aliphatic carbocycles. The van der Waals surface area contributed by atoms with E-state index in [-0.39, 0.29) is 23.0 Å². The summed E-state index contributed by atoms with van der Waals surface area (Å²) in [7, 11) is 1.91. The highest BCUT2D eigenvalue weighted by atomic mass is 32.2. The van der Waals surface area contributed by atoms with Crippen molar-refractivity contribution < 1.29 is 15.0 Å². The van der Waals surface area contributed by atoms with Gasteiger partial charge in [-0.25, -0.2) is 4.98 Å². The number of carbonyl (C=O) groups is 1. The maximum atomic E-state index is 12.2. The van der Waals surface area contributed by atoms with Crippen molar-refractivity contribution in [2.24, 2.45) is 7.05 Å². The standard InChI is InChI=1S/C18H16N2O3S/c1-20-14(12-5-3-2-4-6-12)10-19-18(20)24-11-17(23)13-7-8-15(21)16(22)9-13/h2-10,21-22H,11H2,1H3. The van der Waals surface area contributed by atoms with Crippen molar-refractivity contribution in [3.05, 3.63) is 60.3 Å². The largest absolute Gasteiger partial charge is 0.504 e. The van der Waals surface area contributed by atoms with Crippen molar-refractivity contribution in [1.82, 2.24) is 9.55 Å². The van der Waals surface area contributed by atoms with E-state index in [1.807, 2.05) is 41.9 Å². The molecule has 122 valence electrons. The van der Waals surface area contributed by atoms with Gasteiger partial charge in [0.2, 0.25) is 0 Å². The molecule has 0 spiro atoms. The van der Waals surface area contributed by atoms with E-state index in [0.717, 1.165) is 16.4 Å². The van der Waals surface area contributed by atoms with Crippen molar-refractivity contribution in [2.45, 2.75) is 5.16 Å². The number of phenolic OH excluding ortho intramolecular Hbond substituents is 2. The maximum absolute atomic E-state index is 12.2. The van der Waals surface area contributed by atoms with Crippen molar-refractivity contribution in [1.29, 1.82) is 0 Å². The Bertz CT molecular complexity index is 875. The zero-order chi connectivity index (χ0) is 17.1. The third kappa shape index (κ3) is 3.28. The minimum absolute atomic E-state index is 0.139. The first-order valence-corrected chi connectivity index (χ1v) is 8.30. The molecule has 6 heteroatoms. The summed E-state index contributed by atoms with van der Waals surface area (Å²) in [6, 6.07) is 14.0. The zero-order valence-corrected chi connectivity index (χ0v) is 13.8. The number of hydrogen-bond acceptors (Lipinski definition) is 5. The summed E-state index contributed by atoms with van der Waals surface area (Å²) < 4.78 is 1.95. The average molecular weight is 340 g/mol. The number of nitrogens with zero attached hydrogens (tertiary/aromatic N) is 2. The number of rotatable bonds is 5. The minimum Gasteiger partial charge on any atom is -0.504 e. The fourth-order valence-corrected chi connectivity index (χ4v) is 3.16. The summed E-state index contributed by atoms with van der Waals surface area (Å²) in [5.74, 6) is -0.479. The van der Waals surface area contributed by atoms with Gasteiger partial charge in [0.1, 0.15) is 0 Å². The van der Waals surface area contributed by atoms with E-state index in [1.165, 1.54) is 30.0 Å². The first kappa shape index (κ1) is 16.1. The Morgan fingerprint density at radius 2 is 1.88 bits per heavy atom. The van der Waals surface area contributed by atoms with Gasteiger partial charge >= 0.3 is 0 Å². The second-order valence-electron chi connectivity index (χ2n) is 5.27. The molecule has 5 nitrogen and oxygen atoms in total. The van der Waals surface area contributed by atoms with E-state index in [4.69, 9.17) is 0 Å². The van der Waals surface area contributed by atoms with Crippen LogP contribution in [0.25, 0.3) is 11.3 Å². The molecule has 2 N–H and O–H groups in total. The SMILES string of the molecule is Cn1c(-c2ccccc2)cnc1SCC(=O)c1ccc(O)c(O)c1. The summed E-state index contributed by atoms with van der Waals surface area (Å²) in [4.78, 5) is 16.6. The molecule has 0 amide bonds. The Morgan fingerprint density at radius 3 is 2.58 bits per heavy atom. The van der Waals surface area contributed by atoms with Gasteiger partial charge in [0.25, 0.3) is 0 Å². The third-order valence-electron chi connectivity index (χ3n) is 3.64. The minimum atomic E-state index is -0.297. The number of aromatic hydroxyl groups is 2. The molecule has 0 saturated carbocycles. The average Bonchev–Trinajstić information content (AvgIpc) is 2.96. The first-order chi connectivity index (χ1) is 11.6.